The zero-order chi connectivity index (χ0) is 22.8. The van der Waals surface area contributed by atoms with Gasteiger partial charge in [-0.25, -0.2) is 8.42 Å². The Hall–Kier alpha value is -1.35. The van der Waals surface area contributed by atoms with Gasteiger partial charge >= 0.3 is 0 Å². The molecule has 2 atom stereocenters. The number of carbonyl (C=O) groups excluding carboxylic acids is 2. The molecule has 4 fully saturated rings. The summed E-state index contributed by atoms with van der Waals surface area (Å²) in [5.74, 6) is -0.0686. The fraction of sp³-hybridized carbons (Fsp3) is 0.619. The Labute approximate surface area is 192 Å². The molecule has 4 aliphatic rings. The Kier molecular flexibility index (Phi) is 5.40. The van der Waals surface area contributed by atoms with Crippen LogP contribution in [-0.4, -0.2) is 31.3 Å². The van der Waals surface area contributed by atoms with Gasteiger partial charge in [-0.15, -0.1) is 0 Å². The van der Waals surface area contributed by atoms with E-state index in [-0.39, 0.29) is 20.8 Å². The topological polar surface area (TPSA) is 118 Å². The molecule has 2 unspecified atom stereocenters. The van der Waals surface area contributed by atoms with E-state index in [1.807, 2.05) is 0 Å². The molecule has 4 saturated carbocycles. The van der Waals surface area contributed by atoms with Gasteiger partial charge in [-0.2, -0.15) is 4.72 Å². The molecule has 7 nitrogen and oxygen atoms in total. The number of carbonyl (C=O) groups is 2. The van der Waals surface area contributed by atoms with Gasteiger partial charge in [0.2, 0.25) is 21.8 Å². The molecule has 0 aromatic heterocycles. The molecule has 5 rings (SSSR count). The Morgan fingerprint density at radius 2 is 1.65 bits per heavy atom. The highest BCUT2D eigenvalue weighted by molar-refractivity contribution is 7.89. The summed E-state index contributed by atoms with van der Waals surface area (Å²) in [5, 5.41) is 3.05. The van der Waals surface area contributed by atoms with Gasteiger partial charge in [-0.05, 0) is 76.3 Å². The van der Waals surface area contributed by atoms with E-state index in [2.05, 4.69) is 10.0 Å². The second-order valence-corrected chi connectivity index (χ2v) is 12.6. The van der Waals surface area contributed by atoms with Crippen LogP contribution in [0.3, 0.4) is 0 Å². The average molecular weight is 488 g/mol. The van der Waals surface area contributed by atoms with E-state index < -0.39 is 32.4 Å². The average Bonchev–Trinajstić information content (AvgIpc) is 2.58. The lowest BCUT2D eigenvalue weighted by Gasteiger charge is -2.61. The van der Waals surface area contributed by atoms with Gasteiger partial charge in [0.05, 0.1) is 15.5 Å². The van der Waals surface area contributed by atoms with Crippen molar-refractivity contribution in [1.82, 2.24) is 10.0 Å². The van der Waals surface area contributed by atoms with Crippen molar-refractivity contribution in [3.8, 4) is 0 Å². The third-order valence-electron chi connectivity index (χ3n) is 7.11. The summed E-state index contributed by atoms with van der Waals surface area (Å²) in [6.07, 6.45) is 4.67. The quantitative estimate of drug-likeness (QED) is 0.571. The van der Waals surface area contributed by atoms with Crippen molar-refractivity contribution in [3.63, 3.8) is 0 Å². The number of primary amides is 1. The van der Waals surface area contributed by atoms with Crippen LogP contribution >= 0.6 is 23.2 Å². The first-order valence-electron chi connectivity index (χ1n) is 10.4. The van der Waals surface area contributed by atoms with Crippen molar-refractivity contribution in [2.45, 2.75) is 68.3 Å². The summed E-state index contributed by atoms with van der Waals surface area (Å²) in [7, 11) is -4.16. The second-order valence-electron chi connectivity index (χ2n) is 10.1. The Morgan fingerprint density at radius 3 is 2.16 bits per heavy atom. The van der Waals surface area contributed by atoms with Crippen LogP contribution in [0, 0.1) is 17.3 Å². The summed E-state index contributed by atoms with van der Waals surface area (Å²) in [6.45, 7) is 2.99. The molecule has 4 bridgehead atoms. The first kappa shape index (κ1) is 22.8. The van der Waals surface area contributed by atoms with Crippen LogP contribution in [0.4, 0.5) is 0 Å². The molecule has 4 aliphatic carbocycles. The number of nitrogens with two attached hydrogens (primary N) is 1. The number of rotatable bonds is 6. The van der Waals surface area contributed by atoms with Crippen molar-refractivity contribution in [1.29, 1.82) is 0 Å². The Balaban J connectivity index is 1.56. The lowest BCUT2D eigenvalue weighted by atomic mass is 9.46. The molecule has 1 aromatic carbocycles. The predicted octanol–water partition coefficient (Wildman–Crippen LogP) is 2.99. The van der Waals surface area contributed by atoms with Crippen LogP contribution in [0.2, 0.25) is 10.0 Å². The number of benzene rings is 1. The van der Waals surface area contributed by atoms with Crippen LogP contribution in [-0.2, 0) is 19.6 Å². The van der Waals surface area contributed by atoms with Crippen molar-refractivity contribution in [2.24, 2.45) is 23.0 Å². The molecule has 0 heterocycles. The van der Waals surface area contributed by atoms with E-state index in [4.69, 9.17) is 28.9 Å². The third-order valence-corrected chi connectivity index (χ3v) is 9.72. The van der Waals surface area contributed by atoms with Crippen LogP contribution < -0.4 is 15.8 Å². The second kappa shape index (κ2) is 7.33. The van der Waals surface area contributed by atoms with Gasteiger partial charge in [0, 0.05) is 5.54 Å². The lowest BCUT2D eigenvalue weighted by Crippen LogP contribution is -2.68. The fourth-order valence-electron chi connectivity index (χ4n) is 6.27. The van der Waals surface area contributed by atoms with E-state index >= 15 is 0 Å². The zero-order valence-electron chi connectivity index (χ0n) is 17.5. The molecule has 4 N–H and O–H groups in total. The first-order chi connectivity index (χ1) is 14.3. The normalized spacial score (nSPS) is 32.1. The van der Waals surface area contributed by atoms with Crippen molar-refractivity contribution < 1.29 is 18.0 Å². The van der Waals surface area contributed by atoms with E-state index in [1.165, 1.54) is 26.0 Å². The van der Waals surface area contributed by atoms with Crippen molar-refractivity contribution in [3.05, 3.63) is 28.2 Å². The van der Waals surface area contributed by atoms with Gasteiger partial charge in [0.25, 0.3) is 0 Å². The molecule has 1 aromatic rings. The zero-order valence-corrected chi connectivity index (χ0v) is 19.8. The number of sulfonamides is 1. The minimum absolute atomic E-state index is 0.0271. The van der Waals surface area contributed by atoms with Crippen molar-refractivity contribution >= 4 is 45.0 Å². The van der Waals surface area contributed by atoms with Gasteiger partial charge in [-0.1, -0.05) is 29.3 Å². The van der Waals surface area contributed by atoms with E-state index in [0.29, 0.717) is 18.3 Å². The summed E-state index contributed by atoms with van der Waals surface area (Å²) in [5.41, 5.74) is 3.19. The molecular weight excluding hydrogens is 461 g/mol. The molecule has 0 aliphatic heterocycles. The highest BCUT2D eigenvalue weighted by atomic mass is 35.5. The number of amides is 2. The highest BCUT2D eigenvalue weighted by Gasteiger charge is 2.61. The summed E-state index contributed by atoms with van der Waals surface area (Å²) in [6, 6.07) is 4.39. The van der Waals surface area contributed by atoms with Crippen molar-refractivity contribution in [2.75, 3.05) is 0 Å². The number of hydrogen-bond acceptors (Lipinski definition) is 4. The van der Waals surface area contributed by atoms with E-state index in [1.54, 1.807) is 6.07 Å². The molecule has 0 radical (unpaired) electrons. The standard InChI is InChI=1S/C21H27Cl2N3O4S/c1-19(2,26-31(29,30)16-14(22)4-3-5-15(16)23)18(28)25-21-9-12-6-13(10-21)8-20(7-12,11-21)17(24)27/h3-5,12-13,26H,6-11H2,1-2H3,(H2,24,27)(H,25,28). The number of hydrogen-bond donors (Lipinski definition) is 3. The summed E-state index contributed by atoms with van der Waals surface area (Å²) in [4.78, 5) is 25.3. The first-order valence-corrected chi connectivity index (χ1v) is 12.6. The molecule has 2 amide bonds. The monoisotopic (exact) mass is 487 g/mol. The minimum atomic E-state index is -4.16. The largest absolute Gasteiger partial charge is 0.369 e. The lowest BCUT2D eigenvalue weighted by molar-refractivity contribution is -0.151. The number of halogens is 2. The van der Waals surface area contributed by atoms with Gasteiger partial charge in [-0.3, -0.25) is 9.59 Å². The summed E-state index contributed by atoms with van der Waals surface area (Å²) < 4.78 is 28.4. The fourth-order valence-corrected chi connectivity index (χ4v) is 8.79. The highest BCUT2D eigenvalue weighted by Crippen LogP contribution is 2.61. The Morgan fingerprint density at radius 1 is 1.10 bits per heavy atom. The van der Waals surface area contributed by atoms with Gasteiger partial charge in [0.1, 0.15) is 10.4 Å². The van der Waals surface area contributed by atoms with E-state index in [9.17, 15) is 18.0 Å². The summed E-state index contributed by atoms with van der Waals surface area (Å²) >= 11 is 12.1. The predicted molar refractivity (Wildman–Crippen MR) is 118 cm³/mol. The maximum absolute atomic E-state index is 13.3. The van der Waals surface area contributed by atoms with Crippen LogP contribution in [0.5, 0.6) is 0 Å². The molecule has 0 saturated heterocycles. The molecular formula is C21H27Cl2N3O4S. The van der Waals surface area contributed by atoms with E-state index in [0.717, 1.165) is 32.1 Å². The minimum Gasteiger partial charge on any atom is -0.369 e. The third kappa shape index (κ3) is 3.96. The molecule has 170 valence electrons. The van der Waals surface area contributed by atoms with Crippen LogP contribution in [0.1, 0.15) is 52.4 Å². The smallest absolute Gasteiger partial charge is 0.244 e. The molecule has 31 heavy (non-hydrogen) atoms. The Bertz CT molecular complexity index is 1020. The van der Waals surface area contributed by atoms with Gasteiger partial charge in [0.15, 0.2) is 0 Å². The van der Waals surface area contributed by atoms with Gasteiger partial charge < -0.3 is 11.1 Å². The van der Waals surface area contributed by atoms with Crippen LogP contribution in [0.25, 0.3) is 0 Å². The number of nitrogens with one attached hydrogen (secondary N) is 2. The maximum atomic E-state index is 13.3. The molecule has 0 spiro atoms. The maximum Gasteiger partial charge on any atom is 0.244 e. The van der Waals surface area contributed by atoms with Crippen LogP contribution in [0.15, 0.2) is 23.1 Å². The molecule has 10 heteroatoms. The SMILES string of the molecule is CC(C)(NS(=O)(=O)c1c(Cl)cccc1Cl)C(=O)NC12CC3CC(C1)CC(C(N)=O)(C3)C2.